The van der Waals surface area contributed by atoms with Crippen LogP contribution in [0.5, 0.6) is 0 Å². The van der Waals surface area contributed by atoms with Gasteiger partial charge in [0.15, 0.2) is 12.2 Å². The first-order chi connectivity index (χ1) is 17.9. The molecule has 0 heterocycles. The summed E-state index contributed by atoms with van der Waals surface area (Å²) in [5.74, 6) is -1.28. The molecule has 12 nitrogen and oxygen atoms in total. The van der Waals surface area contributed by atoms with Gasteiger partial charge in [-0.3, -0.25) is 0 Å². The number of aliphatic carboxylic acids is 1. The van der Waals surface area contributed by atoms with Crippen molar-refractivity contribution >= 4 is 24.1 Å². The van der Waals surface area contributed by atoms with Gasteiger partial charge >= 0.3 is 24.1 Å². The van der Waals surface area contributed by atoms with Crippen LogP contribution in [-0.4, -0.2) is 82.0 Å². The topological polar surface area (TPSA) is 181 Å². The van der Waals surface area contributed by atoms with E-state index < -0.39 is 59.6 Å². The van der Waals surface area contributed by atoms with Crippen LogP contribution >= 0.6 is 0 Å². The second-order valence-electron chi connectivity index (χ2n) is 12.3. The molecule has 0 saturated heterocycles. The Morgan fingerprint density at radius 3 is 1.36 bits per heavy atom. The van der Waals surface area contributed by atoms with E-state index in [-0.39, 0.29) is 0 Å². The van der Waals surface area contributed by atoms with E-state index in [4.69, 9.17) is 14.6 Å². The van der Waals surface area contributed by atoms with Crippen molar-refractivity contribution in [3.8, 4) is 0 Å². The summed E-state index contributed by atoms with van der Waals surface area (Å²) in [6.07, 6.45) is 3.12. The summed E-state index contributed by atoms with van der Waals surface area (Å²) in [5, 5.41) is 33.5. The zero-order valence-electron chi connectivity index (χ0n) is 24.3. The van der Waals surface area contributed by atoms with Crippen molar-refractivity contribution in [1.82, 2.24) is 10.6 Å². The van der Waals surface area contributed by atoms with E-state index >= 15 is 0 Å². The number of hydrogen-bond acceptors (Lipinski definition) is 9. The molecule has 2 saturated carbocycles. The molecule has 5 N–H and O–H groups in total. The van der Waals surface area contributed by atoms with Crippen LogP contribution in [-0.2, 0) is 23.8 Å². The molecule has 0 aromatic carbocycles. The summed E-state index contributed by atoms with van der Waals surface area (Å²) in [6.45, 7) is 10.4. The number of nitrogens with one attached hydrogen (secondary N) is 2. The summed E-state index contributed by atoms with van der Waals surface area (Å²) in [4.78, 5) is 45.7. The monoisotopic (exact) mass is 560 g/mol. The van der Waals surface area contributed by atoms with E-state index in [2.05, 4.69) is 15.4 Å². The van der Waals surface area contributed by atoms with Gasteiger partial charge in [0, 0.05) is 0 Å². The Bertz CT molecular complexity index is 812. The number of alkyl carbamates (subject to hydrolysis) is 2. The standard InChI is InChI=1S/C14H25NO5.C13H23NO5/c1-14(2,3)20-13(18)15-10(8-9-6-5-7-9)11(16)12(17)19-4;1-13(2,3)19-12(18)14-9(10(15)11(16)17)7-8-5-4-6-8/h9-11,16H,5-8H2,1-4H3,(H,15,18);8-10,15H,4-7H2,1-3H3,(H,14,18)(H,16,17). The molecule has 0 radical (unpaired) electrons. The van der Waals surface area contributed by atoms with Crippen molar-refractivity contribution in [1.29, 1.82) is 0 Å². The van der Waals surface area contributed by atoms with Crippen molar-refractivity contribution in [2.45, 2.75) is 128 Å². The third-order valence-corrected chi connectivity index (χ3v) is 6.49. The Kier molecular flexibility index (Phi) is 13.5. The van der Waals surface area contributed by atoms with Crippen LogP contribution in [0.4, 0.5) is 9.59 Å². The average Bonchev–Trinajstić information content (AvgIpc) is 2.73. The Morgan fingerprint density at radius 1 is 0.744 bits per heavy atom. The number of rotatable bonds is 10. The van der Waals surface area contributed by atoms with Crippen molar-refractivity contribution in [2.75, 3.05) is 7.11 Å². The lowest BCUT2D eigenvalue weighted by molar-refractivity contribution is -0.152. The lowest BCUT2D eigenvalue weighted by atomic mass is 9.80. The molecule has 226 valence electrons. The maximum absolute atomic E-state index is 11.8. The number of hydrogen-bond donors (Lipinski definition) is 5. The van der Waals surface area contributed by atoms with Crippen LogP contribution in [0.25, 0.3) is 0 Å². The van der Waals surface area contributed by atoms with Crippen LogP contribution in [0.2, 0.25) is 0 Å². The van der Waals surface area contributed by atoms with Crippen LogP contribution in [0.15, 0.2) is 0 Å². The van der Waals surface area contributed by atoms with Gasteiger partial charge in [-0.25, -0.2) is 19.2 Å². The van der Waals surface area contributed by atoms with Gasteiger partial charge in [0.25, 0.3) is 0 Å². The number of esters is 1. The van der Waals surface area contributed by atoms with E-state index in [9.17, 15) is 29.4 Å². The Morgan fingerprint density at radius 2 is 1.10 bits per heavy atom. The summed E-state index contributed by atoms with van der Waals surface area (Å²) >= 11 is 0. The number of carbonyl (C=O) groups is 4. The predicted molar refractivity (Wildman–Crippen MR) is 142 cm³/mol. The van der Waals surface area contributed by atoms with Gasteiger partial charge in [0.1, 0.15) is 11.2 Å². The molecule has 2 rings (SSSR count). The summed E-state index contributed by atoms with van der Waals surface area (Å²) in [5.41, 5.74) is -1.28. The maximum atomic E-state index is 11.8. The SMILES string of the molecule is CC(C)(C)OC(=O)NC(CC1CCC1)C(O)C(=O)O.COC(=O)C(O)C(CC1CCC1)NC(=O)OC(C)(C)C. The molecule has 2 aliphatic rings. The van der Waals surface area contributed by atoms with Gasteiger partial charge in [-0.1, -0.05) is 38.5 Å². The summed E-state index contributed by atoms with van der Waals surface area (Å²) in [7, 11) is 1.21. The molecule has 12 heteroatoms. The Balaban J connectivity index is 0.000000391. The van der Waals surface area contributed by atoms with E-state index in [0.717, 1.165) is 38.5 Å². The normalized spacial score (nSPS) is 18.9. The quantitative estimate of drug-likeness (QED) is 0.197. The number of amides is 2. The number of aliphatic hydroxyl groups is 2. The largest absolute Gasteiger partial charge is 0.479 e. The first-order valence-electron chi connectivity index (χ1n) is 13.6. The third-order valence-electron chi connectivity index (χ3n) is 6.49. The molecule has 0 spiro atoms. The zero-order valence-corrected chi connectivity index (χ0v) is 24.3. The average molecular weight is 561 g/mol. The van der Waals surface area contributed by atoms with E-state index in [0.29, 0.717) is 24.7 Å². The van der Waals surface area contributed by atoms with Gasteiger partial charge in [-0.2, -0.15) is 0 Å². The smallest absolute Gasteiger partial charge is 0.407 e. The highest BCUT2D eigenvalue weighted by Gasteiger charge is 2.34. The third kappa shape index (κ3) is 13.8. The van der Waals surface area contributed by atoms with Gasteiger partial charge < -0.3 is 40.2 Å². The van der Waals surface area contributed by atoms with Gasteiger partial charge in [0.2, 0.25) is 0 Å². The molecule has 0 aromatic rings. The van der Waals surface area contributed by atoms with Crippen LogP contribution in [0, 0.1) is 11.8 Å². The predicted octanol–water partition coefficient (Wildman–Crippen LogP) is 3.12. The van der Waals surface area contributed by atoms with Crippen molar-refractivity contribution in [3.63, 3.8) is 0 Å². The minimum Gasteiger partial charge on any atom is -0.479 e. The van der Waals surface area contributed by atoms with Crippen LogP contribution in [0.3, 0.4) is 0 Å². The first kappa shape index (κ1) is 34.4. The molecule has 2 aliphatic carbocycles. The molecule has 4 atom stereocenters. The van der Waals surface area contributed by atoms with Gasteiger partial charge in [0.05, 0.1) is 19.2 Å². The van der Waals surface area contributed by atoms with Gasteiger partial charge in [-0.15, -0.1) is 0 Å². The molecule has 2 fully saturated rings. The fraction of sp³-hybridized carbons (Fsp3) is 0.852. The maximum Gasteiger partial charge on any atom is 0.407 e. The highest BCUT2D eigenvalue weighted by Crippen LogP contribution is 2.32. The lowest BCUT2D eigenvalue weighted by Gasteiger charge is -2.32. The molecule has 0 aliphatic heterocycles. The van der Waals surface area contributed by atoms with Crippen molar-refractivity contribution in [3.05, 3.63) is 0 Å². The highest BCUT2D eigenvalue weighted by atomic mass is 16.6. The Labute approximate surface area is 231 Å². The highest BCUT2D eigenvalue weighted by molar-refractivity contribution is 5.77. The minimum absolute atomic E-state index is 0.369. The van der Waals surface area contributed by atoms with E-state index in [1.807, 2.05) is 0 Å². The number of carboxylic acids is 1. The molecule has 4 unspecified atom stereocenters. The molecule has 39 heavy (non-hydrogen) atoms. The number of aliphatic hydroxyl groups excluding tert-OH is 2. The van der Waals surface area contributed by atoms with Crippen LogP contribution in [0.1, 0.15) is 92.9 Å². The minimum atomic E-state index is -1.60. The molecular formula is C27H48N2O10. The lowest BCUT2D eigenvalue weighted by Crippen LogP contribution is -2.50. The number of carbonyl (C=O) groups excluding carboxylic acids is 3. The second-order valence-corrected chi connectivity index (χ2v) is 12.3. The second kappa shape index (κ2) is 15.3. The van der Waals surface area contributed by atoms with Crippen molar-refractivity contribution < 1.29 is 48.7 Å². The molecule has 0 aromatic heterocycles. The van der Waals surface area contributed by atoms with E-state index in [1.165, 1.54) is 7.11 Å². The fourth-order valence-electron chi connectivity index (χ4n) is 4.08. The molecule has 2 amide bonds. The summed E-state index contributed by atoms with van der Waals surface area (Å²) in [6, 6.07) is -1.49. The zero-order chi connectivity index (χ0) is 30.0. The number of carboxylic acid groups (broad SMARTS) is 1. The first-order valence-corrected chi connectivity index (χ1v) is 13.6. The molecule has 0 bridgehead atoms. The van der Waals surface area contributed by atoms with Gasteiger partial charge in [-0.05, 0) is 66.2 Å². The van der Waals surface area contributed by atoms with Crippen molar-refractivity contribution in [2.24, 2.45) is 11.8 Å². The van der Waals surface area contributed by atoms with E-state index in [1.54, 1.807) is 41.5 Å². The Hall–Kier alpha value is -2.60. The van der Waals surface area contributed by atoms with Crippen LogP contribution < -0.4 is 10.6 Å². The molecular weight excluding hydrogens is 512 g/mol. The number of ether oxygens (including phenoxy) is 3. The fourth-order valence-corrected chi connectivity index (χ4v) is 4.08. The number of methoxy groups -OCH3 is 1. The summed E-state index contributed by atoms with van der Waals surface area (Å²) < 4.78 is 14.8.